The smallest absolute Gasteiger partial charge is 0.411 e. The molecule has 3 aromatic carbocycles. The Bertz CT molecular complexity index is 1010. The Morgan fingerprint density at radius 1 is 0.571 bits per heavy atom. The van der Waals surface area contributed by atoms with E-state index in [-0.39, 0.29) is 6.17 Å². The highest BCUT2D eigenvalue weighted by Crippen LogP contribution is 2.26. The van der Waals surface area contributed by atoms with E-state index in [1.165, 1.54) is 0 Å². The molecule has 0 saturated heterocycles. The van der Waals surface area contributed by atoms with E-state index in [1.54, 1.807) is 6.08 Å². The minimum atomic E-state index is -3.52. The highest BCUT2D eigenvalue weighted by atomic mass is 28.5. The van der Waals surface area contributed by atoms with Gasteiger partial charge < -0.3 is 12.3 Å². The van der Waals surface area contributed by atoms with Crippen molar-refractivity contribution in [2.45, 2.75) is 39.3 Å². The van der Waals surface area contributed by atoms with Gasteiger partial charge in [-0.15, -0.1) is 0 Å². The summed E-state index contributed by atoms with van der Waals surface area (Å²) >= 11 is 0. The molecule has 0 saturated carbocycles. The number of hydrogen-bond acceptors (Lipinski definition) is 5. The van der Waals surface area contributed by atoms with E-state index in [9.17, 15) is 4.79 Å². The highest BCUT2D eigenvalue weighted by Gasteiger charge is 2.54. The summed E-state index contributed by atoms with van der Waals surface area (Å²) in [5, 5.41) is 3.41. The van der Waals surface area contributed by atoms with Crippen molar-refractivity contribution in [2.24, 2.45) is 4.99 Å². The molecule has 0 unspecified atom stereocenters. The second-order valence-corrected chi connectivity index (χ2v) is 25.0. The summed E-state index contributed by atoms with van der Waals surface area (Å²) in [7, 11) is -11.0. The number of rotatable bonds is 11. The minimum absolute atomic E-state index is 0.0479. The van der Waals surface area contributed by atoms with Crippen molar-refractivity contribution in [1.82, 2.24) is 0 Å². The van der Waals surface area contributed by atoms with Crippen LogP contribution in [-0.2, 0) is 17.1 Å². The Kier molecular flexibility index (Phi) is 8.79. The second-order valence-electron chi connectivity index (χ2n) is 10.0. The molecule has 0 bridgehead atoms. The van der Waals surface area contributed by atoms with Crippen molar-refractivity contribution in [3.8, 4) is 0 Å². The van der Waals surface area contributed by atoms with Crippen LogP contribution in [0.4, 0.5) is 0 Å². The molecule has 5 nitrogen and oxygen atoms in total. The molecule has 35 heavy (non-hydrogen) atoms. The molecule has 0 heterocycles. The maximum absolute atomic E-state index is 11.4. The van der Waals surface area contributed by atoms with Crippen molar-refractivity contribution in [3.05, 3.63) is 91.0 Å². The van der Waals surface area contributed by atoms with E-state index >= 15 is 0 Å². The van der Waals surface area contributed by atoms with Crippen molar-refractivity contribution in [3.63, 3.8) is 0 Å². The molecule has 184 valence electrons. The number of benzene rings is 3. The lowest BCUT2D eigenvalue weighted by Gasteiger charge is -2.44. The van der Waals surface area contributed by atoms with Gasteiger partial charge in [-0.1, -0.05) is 91.0 Å². The number of carbonyl (C=O) groups excluding carboxylic acids is 1. The average molecular weight is 538 g/mol. The Balaban J connectivity index is 2.12. The monoisotopic (exact) mass is 537 g/mol. The summed E-state index contributed by atoms with van der Waals surface area (Å²) in [5.41, 5.74) is 0. The third kappa shape index (κ3) is 7.15. The highest BCUT2D eigenvalue weighted by molar-refractivity contribution is 6.98. The van der Waals surface area contributed by atoms with Crippen LogP contribution < -0.4 is 15.6 Å². The summed E-state index contributed by atoms with van der Waals surface area (Å²) in [6, 6.07) is 30.7. The summed E-state index contributed by atoms with van der Waals surface area (Å²) in [6.07, 6.45) is 1.76. The fourth-order valence-electron chi connectivity index (χ4n) is 4.15. The van der Waals surface area contributed by atoms with E-state index in [4.69, 9.17) is 12.3 Å². The average Bonchev–Trinajstić information content (AvgIpc) is 2.83. The quantitative estimate of drug-likeness (QED) is 0.209. The third-order valence-electron chi connectivity index (χ3n) is 5.98. The Labute approximate surface area is 213 Å². The maximum Gasteiger partial charge on any atom is 0.493 e. The van der Waals surface area contributed by atoms with Crippen LogP contribution in [0.5, 0.6) is 0 Å². The Morgan fingerprint density at radius 2 is 0.857 bits per heavy atom. The zero-order valence-electron chi connectivity index (χ0n) is 21.4. The molecule has 0 atom stereocenters. The predicted molar refractivity (Wildman–Crippen MR) is 153 cm³/mol. The molecule has 0 N–H and O–H groups in total. The molecule has 0 amide bonds. The molecule has 9 heteroatoms. The standard InChI is InChI=1S/C26H35NO4Si4/c1-32(2,24-16-10-7-11-17-24)29-35(23-27-22-28,30-33(3,4)25-18-12-8-13-19-25)31-34(5,6)26-20-14-9-15-21-26/h7-21H,23H2,1-6H3. The lowest BCUT2D eigenvalue weighted by Crippen LogP contribution is -2.69. The number of isocyanates is 1. The Morgan fingerprint density at radius 3 is 1.11 bits per heavy atom. The SMILES string of the molecule is C[Si](C)(O[Si](CN=C=O)(O[Si](C)(C)c1ccccc1)O[Si](C)(C)c1ccccc1)c1ccccc1. The largest absolute Gasteiger partial charge is 0.493 e. The van der Waals surface area contributed by atoms with Gasteiger partial charge in [-0.3, -0.25) is 0 Å². The number of nitrogens with zero attached hydrogens (tertiary/aromatic N) is 1. The first-order chi connectivity index (χ1) is 16.5. The molecular weight excluding hydrogens is 503 g/mol. The molecule has 0 aliphatic rings. The number of aliphatic imine (C=N–C) groups is 1. The van der Waals surface area contributed by atoms with Gasteiger partial charge in [0.2, 0.25) is 31.0 Å². The lowest BCUT2D eigenvalue weighted by molar-refractivity contribution is 0.259. The van der Waals surface area contributed by atoms with E-state index in [1.807, 2.05) is 54.6 Å². The Hall–Kier alpha value is -2.21. The van der Waals surface area contributed by atoms with Crippen molar-refractivity contribution >= 4 is 55.4 Å². The van der Waals surface area contributed by atoms with Gasteiger partial charge in [0.1, 0.15) is 6.17 Å². The normalized spacial score (nSPS) is 12.7. The zero-order chi connectivity index (χ0) is 25.6. The fraction of sp³-hybridized carbons (Fsp3) is 0.269. The van der Waals surface area contributed by atoms with Gasteiger partial charge in [0.05, 0.1) is 0 Å². The van der Waals surface area contributed by atoms with Crippen molar-refractivity contribution < 1.29 is 17.1 Å². The van der Waals surface area contributed by atoms with E-state index < -0.39 is 33.8 Å². The van der Waals surface area contributed by atoms with Crippen molar-refractivity contribution in [1.29, 1.82) is 0 Å². The van der Waals surface area contributed by atoms with Crippen LogP contribution in [0.3, 0.4) is 0 Å². The molecular formula is C26H35NO4Si4. The number of hydrogen-bond donors (Lipinski definition) is 0. The molecule has 0 fully saturated rings. The van der Waals surface area contributed by atoms with Gasteiger partial charge in [0.15, 0.2) is 0 Å². The van der Waals surface area contributed by atoms with E-state index in [0.717, 1.165) is 15.6 Å². The fourth-order valence-corrected chi connectivity index (χ4v) is 20.5. The van der Waals surface area contributed by atoms with Crippen LogP contribution >= 0.6 is 0 Å². The van der Waals surface area contributed by atoms with Gasteiger partial charge >= 0.3 is 8.80 Å². The van der Waals surface area contributed by atoms with Crippen LogP contribution in [0.1, 0.15) is 0 Å². The van der Waals surface area contributed by atoms with Gasteiger partial charge in [-0.05, 0) is 54.8 Å². The maximum atomic E-state index is 11.4. The van der Waals surface area contributed by atoms with Gasteiger partial charge in [0, 0.05) is 0 Å². The van der Waals surface area contributed by atoms with Crippen LogP contribution in [0.25, 0.3) is 0 Å². The van der Waals surface area contributed by atoms with Crippen LogP contribution in [0.2, 0.25) is 39.3 Å². The van der Waals surface area contributed by atoms with Crippen LogP contribution in [0.15, 0.2) is 96.0 Å². The van der Waals surface area contributed by atoms with E-state index in [2.05, 4.69) is 80.7 Å². The van der Waals surface area contributed by atoms with Gasteiger partial charge in [-0.25, -0.2) is 9.79 Å². The van der Waals surface area contributed by atoms with Crippen molar-refractivity contribution in [2.75, 3.05) is 6.17 Å². The second kappa shape index (κ2) is 11.2. The topological polar surface area (TPSA) is 57.1 Å². The summed E-state index contributed by atoms with van der Waals surface area (Å²) in [4.78, 5) is 15.4. The van der Waals surface area contributed by atoms with E-state index in [0.29, 0.717) is 0 Å². The first kappa shape index (κ1) is 27.4. The lowest BCUT2D eigenvalue weighted by atomic mass is 10.4. The molecule has 0 spiro atoms. The first-order valence-electron chi connectivity index (χ1n) is 11.8. The minimum Gasteiger partial charge on any atom is -0.411 e. The molecule has 0 radical (unpaired) electrons. The van der Waals surface area contributed by atoms with Gasteiger partial charge in [-0.2, -0.15) is 0 Å². The third-order valence-corrected chi connectivity index (χ3v) is 21.5. The predicted octanol–water partition coefficient (Wildman–Crippen LogP) is 4.19. The van der Waals surface area contributed by atoms with Gasteiger partial charge in [0.25, 0.3) is 0 Å². The summed E-state index contributed by atoms with van der Waals surface area (Å²) < 4.78 is 21.2. The molecule has 3 rings (SSSR count). The zero-order valence-corrected chi connectivity index (χ0v) is 25.4. The van der Waals surface area contributed by atoms with Crippen LogP contribution in [-0.4, -0.2) is 46.0 Å². The summed E-state index contributed by atoms with van der Waals surface area (Å²) in [6.45, 7) is 12.9. The molecule has 0 aliphatic heterocycles. The molecule has 3 aromatic rings. The van der Waals surface area contributed by atoms with Crippen LogP contribution in [0, 0.1) is 0 Å². The summed E-state index contributed by atoms with van der Waals surface area (Å²) in [5.74, 6) is 0. The first-order valence-corrected chi connectivity index (χ1v) is 22.5. The molecule has 0 aromatic heterocycles. The molecule has 0 aliphatic carbocycles.